The van der Waals surface area contributed by atoms with Gasteiger partial charge in [-0.25, -0.2) is 4.39 Å². The van der Waals surface area contributed by atoms with Crippen molar-refractivity contribution in [3.63, 3.8) is 0 Å². The smallest absolute Gasteiger partial charge is 0.260 e. The first-order valence-electron chi connectivity index (χ1n) is 7.14. The third kappa shape index (κ3) is 7.19. The van der Waals surface area contributed by atoms with Crippen LogP contribution < -0.4 is 16.8 Å². The van der Waals surface area contributed by atoms with Crippen LogP contribution in [0.3, 0.4) is 0 Å². The fraction of sp³-hybridized carbons (Fsp3) is 0.176. The van der Waals surface area contributed by atoms with Crippen LogP contribution in [0.4, 0.5) is 15.8 Å². The first kappa shape index (κ1) is 20.3. The molecule has 0 saturated carbocycles. The maximum absolute atomic E-state index is 13.5. The van der Waals surface area contributed by atoms with E-state index in [9.17, 15) is 9.18 Å². The van der Waals surface area contributed by atoms with E-state index in [1.54, 1.807) is 24.3 Å². The third-order valence-corrected chi connectivity index (χ3v) is 2.40. The lowest BCUT2D eigenvalue weighted by Crippen LogP contribution is -2.15. The van der Waals surface area contributed by atoms with Gasteiger partial charge in [-0.05, 0) is 24.3 Å². The Morgan fingerprint density at radius 2 is 1.70 bits per heavy atom. The zero-order valence-electron chi connectivity index (χ0n) is 13.3. The lowest BCUT2D eigenvalue weighted by molar-refractivity contribution is -0.106. The highest BCUT2D eigenvalue weighted by Gasteiger charge is 2.14. The summed E-state index contributed by atoms with van der Waals surface area (Å²) in [5, 5.41) is 2.58. The molecule has 0 atom stereocenters. The number of carbonyl (C=O) groups excluding carboxylic acids is 2. The number of anilines is 2. The molecule has 0 aliphatic rings. The number of amides is 1. The zero-order valence-corrected chi connectivity index (χ0v) is 13.3. The van der Waals surface area contributed by atoms with Gasteiger partial charge in [0.05, 0.1) is 5.56 Å². The van der Waals surface area contributed by atoms with Crippen molar-refractivity contribution in [3.05, 3.63) is 59.9 Å². The Kier molecular flexibility index (Phi) is 10.5. The molecule has 0 heterocycles. The molecule has 0 aromatic heterocycles. The molecule has 2 aromatic rings. The molecule has 23 heavy (non-hydrogen) atoms. The van der Waals surface area contributed by atoms with Crippen molar-refractivity contribution in [1.29, 1.82) is 0 Å². The molecule has 0 radical (unpaired) electrons. The number of hydrogen-bond donors (Lipinski definition) is 3. The molecule has 0 unspecified atom stereocenters. The SMILES string of the molecule is CC.NCC=O.Nc1cccc(F)c1C(=O)Nc1ccccc1. The number of nitrogens with two attached hydrogens (primary N) is 2. The predicted molar refractivity (Wildman–Crippen MR) is 91.7 cm³/mol. The van der Waals surface area contributed by atoms with E-state index in [1.807, 2.05) is 19.9 Å². The second-order valence-electron chi connectivity index (χ2n) is 3.93. The van der Waals surface area contributed by atoms with Gasteiger partial charge in [-0.15, -0.1) is 0 Å². The fourth-order valence-electron chi connectivity index (χ4n) is 1.50. The van der Waals surface area contributed by atoms with E-state index in [1.165, 1.54) is 18.2 Å². The Bertz CT molecular complexity index is 584. The minimum Gasteiger partial charge on any atom is -0.398 e. The molecule has 0 saturated heterocycles. The van der Waals surface area contributed by atoms with Crippen LogP contribution in [0.5, 0.6) is 0 Å². The van der Waals surface area contributed by atoms with Gasteiger partial charge in [-0.1, -0.05) is 38.1 Å². The van der Waals surface area contributed by atoms with Crippen molar-refractivity contribution in [2.75, 3.05) is 17.6 Å². The molecule has 1 amide bonds. The topological polar surface area (TPSA) is 98.2 Å². The molecular formula is C17H22FN3O2. The van der Waals surface area contributed by atoms with Crippen LogP contribution >= 0.6 is 0 Å². The molecule has 5 N–H and O–H groups in total. The average molecular weight is 319 g/mol. The van der Waals surface area contributed by atoms with Crippen LogP contribution in [0.1, 0.15) is 24.2 Å². The third-order valence-electron chi connectivity index (χ3n) is 2.40. The number of rotatable bonds is 3. The molecule has 0 fully saturated rings. The summed E-state index contributed by atoms with van der Waals surface area (Å²) in [6.45, 7) is 4.14. The Balaban J connectivity index is 0.000000705. The maximum Gasteiger partial charge on any atom is 0.260 e. The highest BCUT2D eigenvalue weighted by Crippen LogP contribution is 2.17. The van der Waals surface area contributed by atoms with Gasteiger partial charge in [0.15, 0.2) is 0 Å². The van der Waals surface area contributed by atoms with Crippen LogP contribution in [-0.2, 0) is 4.79 Å². The molecule has 5 nitrogen and oxygen atoms in total. The van der Waals surface area contributed by atoms with Gasteiger partial charge in [0.1, 0.15) is 12.1 Å². The van der Waals surface area contributed by atoms with Crippen LogP contribution in [-0.4, -0.2) is 18.7 Å². The molecule has 0 aliphatic carbocycles. The predicted octanol–water partition coefficient (Wildman–Crippen LogP) is 2.83. The van der Waals surface area contributed by atoms with Crippen LogP contribution in [0, 0.1) is 5.82 Å². The summed E-state index contributed by atoms with van der Waals surface area (Å²) >= 11 is 0. The van der Waals surface area contributed by atoms with E-state index >= 15 is 0 Å². The number of aldehydes is 1. The minimum atomic E-state index is -0.626. The Morgan fingerprint density at radius 3 is 2.17 bits per heavy atom. The standard InChI is InChI=1S/C13H11FN2O.C2H5NO.C2H6/c14-10-7-4-8-11(15)12(10)13(17)16-9-5-2-1-3-6-9;3-1-2-4;1-2/h1-8H,15H2,(H,16,17);2H,1,3H2;1-2H3. The van der Waals surface area contributed by atoms with Gasteiger partial charge in [-0.2, -0.15) is 0 Å². The van der Waals surface area contributed by atoms with E-state index in [2.05, 4.69) is 11.1 Å². The second kappa shape index (κ2) is 11.9. The van der Waals surface area contributed by atoms with Crippen LogP contribution in [0.2, 0.25) is 0 Å². The summed E-state index contributed by atoms with van der Waals surface area (Å²) in [7, 11) is 0. The van der Waals surface area contributed by atoms with Gasteiger partial charge in [0.25, 0.3) is 5.91 Å². The summed E-state index contributed by atoms with van der Waals surface area (Å²) < 4.78 is 13.5. The van der Waals surface area contributed by atoms with E-state index in [4.69, 9.17) is 10.5 Å². The van der Waals surface area contributed by atoms with E-state index in [-0.39, 0.29) is 17.8 Å². The van der Waals surface area contributed by atoms with E-state index in [0.717, 1.165) is 0 Å². The van der Waals surface area contributed by atoms with E-state index in [0.29, 0.717) is 12.0 Å². The molecule has 0 spiro atoms. The van der Waals surface area contributed by atoms with Gasteiger partial charge >= 0.3 is 0 Å². The van der Waals surface area contributed by atoms with Crippen LogP contribution in [0.25, 0.3) is 0 Å². The number of benzene rings is 2. The number of carbonyl (C=O) groups is 2. The summed E-state index contributed by atoms with van der Waals surface area (Å²) in [4.78, 5) is 20.9. The molecule has 2 aromatic carbocycles. The second-order valence-corrected chi connectivity index (χ2v) is 3.93. The average Bonchev–Trinajstić information content (AvgIpc) is 2.57. The fourth-order valence-corrected chi connectivity index (χ4v) is 1.50. The first-order valence-corrected chi connectivity index (χ1v) is 7.14. The number of halogens is 1. The quantitative estimate of drug-likeness (QED) is 0.598. The Hall–Kier alpha value is -2.73. The maximum atomic E-state index is 13.5. The Labute approximate surface area is 135 Å². The Morgan fingerprint density at radius 1 is 1.13 bits per heavy atom. The van der Waals surface area contributed by atoms with Gasteiger partial charge in [0.2, 0.25) is 0 Å². The molecule has 124 valence electrons. The number of para-hydroxylation sites is 1. The van der Waals surface area contributed by atoms with Crippen molar-refractivity contribution in [2.24, 2.45) is 5.73 Å². The van der Waals surface area contributed by atoms with Crippen molar-refractivity contribution in [3.8, 4) is 0 Å². The lowest BCUT2D eigenvalue weighted by atomic mass is 10.1. The van der Waals surface area contributed by atoms with Crippen molar-refractivity contribution in [2.45, 2.75) is 13.8 Å². The monoisotopic (exact) mass is 319 g/mol. The summed E-state index contributed by atoms with van der Waals surface area (Å²) in [6, 6.07) is 13.0. The van der Waals surface area contributed by atoms with Crippen molar-refractivity contribution in [1.82, 2.24) is 0 Å². The van der Waals surface area contributed by atoms with Crippen LogP contribution in [0.15, 0.2) is 48.5 Å². The molecule has 2 rings (SSSR count). The largest absolute Gasteiger partial charge is 0.398 e. The number of nitrogens with one attached hydrogen (secondary N) is 1. The summed E-state index contributed by atoms with van der Waals surface area (Å²) in [6.07, 6.45) is 0.653. The van der Waals surface area contributed by atoms with Crippen molar-refractivity contribution < 1.29 is 14.0 Å². The summed E-state index contributed by atoms with van der Waals surface area (Å²) in [5.74, 6) is -1.18. The van der Waals surface area contributed by atoms with Gasteiger partial charge in [0, 0.05) is 17.9 Å². The number of hydrogen-bond acceptors (Lipinski definition) is 4. The molecule has 0 bridgehead atoms. The lowest BCUT2D eigenvalue weighted by Gasteiger charge is -2.08. The van der Waals surface area contributed by atoms with Crippen molar-refractivity contribution >= 4 is 23.6 Å². The normalized spacial score (nSPS) is 8.70. The van der Waals surface area contributed by atoms with Gasteiger partial charge in [-0.3, -0.25) is 4.79 Å². The van der Waals surface area contributed by atoms with Gasteiger partial charge < -0.3 is 21.6 Å². The highest BCUT2D eigenvalue weighted by atomic mass is 19.1. The first-order chi connectivity index (χ1) is 11.1. The molecular weight excluding hydrogens is 297 g/mol. The minimum absolute atomic E-state index is 0.124. The number of nitrogen functional groups attached to an aromatic ring is 1. The molecule has 6 heteroatoms. The zero-order chi connectivity index (χ0) is 17.7. The molecule has 0 aliphatic heterocycles. The van der Waals surface area contributed by atoms with E-state index < -0.39 is 11.7 Å². The highest BCUT2D eigenvalue weighted by molar-refractivity contribution is 6.07. The summed E-state index contributed by atoms with van der Waals surface area (Å²) in [5.41, 5.74) is 10.8.